The fourth-order valence-electron chi connectivity index (χ4n) is 4.92. The van der Waals surface area contributed by atoms with Crippen LogP contribution in [0.4, 0.5) is 0 Å². The van der Waals surface area contributed by atoms with Crippen molar-refractivity contribution in [1.82, 2.24) is 20.0 Å². The van der Waals surface area contributed by atoms with Gasteiger partial charge in [-0.15, -0.1) is 10.2 Å². The van der Waals surface area contributed by atoms with Gasteiger partial charge in [-0.2, -0.15) is 0 Å². The standard InChI is InChI=1S/C26H31N5O3/c1-16-28-29-25(34-16)26(12-13-27)21-10-8-19(23(32)30(2)3)14-17(21)6-7-18-15-20(9-11-22(18)26)24(33)31(4)5/h8-11,14-15H,6-7,12-13,27H2,1-5H3. The van der Waals surface area contributed by atoms with Gasteiger partial charge < -0.3 is 20.0 Å². The summed E-state index contributed by atoms with van der Waals surface area (Å²) in [5.41, 5.74) is 10.7. The van der Waals surface area contributed by atoms with Gasteiger partial charge in [-0.05, 0) is 72.3 Å². The second kappa shape index (κ2) is 9.02. The molecular weight excluding hydrogens is 430 g/mol. The number of aromatic nitrogens is 2. The van der Waals surface area contributed by atoms with Gasteiger partial charge >= 0.3 is 0 Å². The van der Waals surface area contributed by atoms with Crippen molar-refractivity contribution >= 4 is 11.8 Å². The van der Waals surface area contributed by atoms with Gasteiger partial charge in [-0.1, -0.05) is 12.1 Å². The molecule has 0 fully saturated rings. The molecule has 3 aromatic rings. The molecule has 2 aromatic carbocycles. The normalized spacial score (nSPS) is 14.1. The lowest BCUT2D eigenvalue weighted by Crippen LogP contribution is -2.34. The van der Waals surface area contributed by atoms with E-state index in [9.17, 15) is 9.59 Å². The smallest absolute Gasteiger partial charge is 0.253 e. The predicted molar refractivity (Wildman–Crippen MR) is 129 cm³/mol. The van der Waals surface area contributed by atoms with Crippen molar-refractivity contribution in [2.24, 2.45) is 5.73 Å². The minimum atomic E-state index is -0.781. The Labute approximate surface area is 199 Å². The number of nitrogens with zero attached hydrogens (tertiary/aromatic N) is 4. The molecule has 8 nitrogen and oxygen atoms in total. The molecule has 2 N–H and O–H groups in total. The van der Waals surface area contributed by atoms with E-state index in [1.807, 2.05) is 36.4 Å². The van der Waals surface area contributed by atoms with Crippen LogP contribution in [0.5, 0.6) is 0 Å². The van der Waals surface area contributed by atoms with E-state index in [1.54, 1.807) is 44.9 Å². The maximum absolute atomic E-state index is 12.7. The number of aryl methyl sites for hydroxylation is 3. The van der Waals surface area contributed by atoms with Crippen LogP contribution in [0.3, 0.4) is 0 Å². The Balaban J connectivity index is 2.00. The number of carbonyl (C=O) groups is 2. The molecule has 0 bridgehead atoms. The number of hydrogen-bond acceptors (Lipinski definition) is 6. The molecule has 1 aromatic heterocycles. The van der Waals surface area contributed by atoms with Crippen LogP contribution >= 0.6 is 0 Å². The number of nitrogens with two attached hydrogens (primary N) is 1. The predicted octanol–water partition coefficient (Wildman–Crippen LogP) is 2.56. The average Bonchev–Trinajstić information content (AvgIpc) is 3.21. The van der Waals surface area contributed by atoms with Gasteiger partial charge in [0, 0.05) is 46.2 Å². The van der Waals surface area contributed by atoms with E-state index in [-0.39, 0.29) is 11.8 Å². The lowest BCUT2D eigenvalue weighted by Gasteiger charge is -2.33. The molecule has 0 unspecified atom stereocenters. The van der Waals surface area contributed by atoms with E-state index in [2.05, 4.69) is 10.2 Å². The molecule has 2 amide bonds. The maximum atomic E-state index is 12.7. The first-order valence-electron chi connectivity index (χ1n) is 11.4. The van der Waals surface area contributed by atoms with Crippen LogP contribution in [0.25, 0.3) is 0 Å². The first-order valence-corrected chi connectivity index (χ1v) is 11.4. The molecule has 0 atom stereocenters. The molecule has 1 aliphatic rings. The van der Waals surface area contributed by atoms with Crippen LogP contribution in [0.2, 0.25) is 0 Å². The Hall–Kier alpha value is -3.52. The summed E-state index contributed by atoms with van der Waals surface area (Å²) in [6.45, 7) is 2.15. The van der Waals surface area contributed by atoms with E-state index in [1.165, 1.54) is 0 Å². The molecule has 178 valence electrons. The molecule has 0 radical (unpaired) electrons. The summed E-state index contributed by atoms with van der Waals surface area (Å²) >= 11 is 0. The molecule has 0 saturated heterocycles. The number of fused-ring (bicyclic) bond motifs is 2. The van der Waals surface area contributed by atoms with Gasteiger partial charge in [0.25, 0.3) is 11.8 Å². The summed E-state index contributed by atoms with van der Waals surface area (Å²) in [6.07, 6.45) is 1.95. The second-order valence-corrected chi connectivity index (χ2v) is 9.21. The minimum Gasteiger partial charge on any atom is -0.424 e. The summed E-state index contributed by atoms with van der Waals surface area (Å²) in [7, 11) is 6.97. The molecule has 0 spiro atoms. The lowest BCUT2D eigenvalue weighted by atomic mass is 9.69. The molecule has 4 rings (SSSR count). The minimum absolute atomic E-state index is 0.0542. The number of hydrogen-bond donors (Lipinski definition) is 1. The number of amides is 2. The Bertz CT molecular complexity index is 1170. The van der Waals surface area contributed by atoms with Crippen LogP contribution in [0.15, 0.2) is 40.8 Å². The number of carbonyl (C=O) groups excluding carboxylic acids is 2. The molecule has 0 saturated carbocycles. The van der Waals surface area contributed by atoms with Gasteiger partial charge in [0.05, 0.1) is 0 Å². The van der Waals surface area contributed by atoms with Crippen molar-refractivity contribution in [2.75, 3.05) is 34.7 Å². The Morgan fingerprint density at radius 2 is 1.41 bits per heavy atom. The van der Waals surface area contributed by atoms with Crippen molar-refractivity contribution < 1.29 is 14.0 Å². The van der Waals surface area contributed by atoms with Crippen LogP contribution in [-0.4, -0.2) is 66.5 Å². The third-order valence-corrected chi connectivity index (χ3v) is 6.51. The topological polar surface area (TPSA) is 106 Å². The summed E-state index contributed by atoms with van der Waals surface area (Å²) in [4.78, 5) is 28.5. The average molecular weight is 462 g/mol. The van der Waals surface area contributed by atoms with Gasteiger partial charge in [-0.3, -0.25) is 9.59 Å². The van der Waals surface area contributed by atoms with E-state index in [0.717, 1.165) is 22.3 Å². The van der Waals surface area contributed by atoms with Crippen LogP contribution in [0, 0.1) is 6.92 Å². The molecule has 1 heterocycles. The van der Waals surface area contributed by atoms with Crippen LogP contribution < -0.4 is 5.73 Å². The van der Waals surface area contributed by atoms with Gasteiger partial charge in [0.2, 0.25) is 11.8 Å². The summed E-state index contributed by atoms with van der Waals surface area (Å²) in [6, 6.07) is 11.6. The van der Waals surface area contributed by atoms with E-state index < -0.39 is 5.41 Å². The fourth-order valence-corrected chi connectivity index (χ4v) is 4.92. The lowest BCUT2D eigenvalue weighted by molar-refractivity contribution is 0.0820. The van der Waals surface area contributed by atoms with Crippen LogP contribution in [0.1, 0.15) is 61.2 Å². The van der Waals surface area contributed by atoms with E-state index >= 15 is 0 Å². The SMILES string of the molecule is Cc1nnc(C2(CCN)c3ccc(C(=O)N(C)C)cc3CCc3cc(C(=O)N(C)C)ccc32)o1. The quantitative estimate of drug-likeness (QED) is 0.626. The zero-order valence-electron chi connectivity index (χ0n) is 20.4. The highest BCUT2D eigenvalue weighted by Crippen LogP contribution is 2.47. The number of rotatable bonds is 5. The van der Waals surface area contributed by atoms with Crippen molar-refractivity contribution in [2.45, 2.75) is 31.6 Å². The summed E-state index contributed by atoms with van der Waals surface area (Å²) < 4.78 is 6.05. The summed E-state index contributed by atoms with van der Waals surface area (Å²) in [5, 5.41) is 8.57. The van der Waals surface area contributed by atoms with E-state index in [4.69, 9.17) is 10.2 Å². The zero-order chi connectivity index (χ0) is 24.6. The highest BCUT2D eigenvalue weighted by molar-refractivity contribution is 5.95. The van der Waals surface area contributed by atoms with Crippen molar-refractivity contribution in [1.29, 1.82) is 0 Å². The Morgan fingerprint density at radius 1 is 0.912 bits per heavy atom. The molecule has 1 aliphatic carbocycles. The van der Waals surface area contributed by atoms with Crippen molar-refractivity contribution in [3.05, 3.63) is 81.6 Å². The largest absolute Gasteiger partial charge is 0.424 e. The Kier molecular flexibility index (Phi) is 6.27. The van der Waals surface area contributed by atoms with Gasteiger partial charge in [0.1, 0.15) is 5.41 Å². The first kappa shape index (κ1) is 23.6. The highest BCUT2D eigenvalue weighted by atomic mass is 16.4. The molecule has 34 heavy (non-hydrogen) atoms. The first-order chi connectivity index (χ1) is 16.2. The molecule has 0 aliphatic heterocycles. The van der Waals surface area contributed by atoms with Crippen molar-refractivity contribution in [3.63, 3.8) is 0 Å². The molecular formula is C26H31N5O3. The second-order valence-electron chi connectivity index (χ2n) is 9.21. The summed E-state index contributed by atoms with van der Waals surface area (Å²) in [5.74, 6) is 0.832. The van der Waals surface area contributed by atoms with Gasteiger partial charge in [-0.25, -0.2) is 0 Å². The third-order valence-electron chi connectivity index (χ3n) is 6.51. The fraction of sp³-hybridized carbons (Fsp3) is 0.385. The van der Waals surface area contributed by atoms with Crippen molar-refractivity contribution in [3.8, 4) is 0 Å². The highest BCUT2D eigenvalue weighted by Gasteiger charge is 2.45. The Morgan fingerprint density at radius 3 is 1.79 bits per heavy atom. The van der Waals surface area contributed by atoms with E-state index in [0.29, 0.717) is 48.7 Å². The van der Waals surface area contributed by atoms with Gasteiger partial charge in [0.15, 0.2) is 0 Å². The zero-order valence-corrected chi connectivity index (χ0v) is 20.4. The number of benzene rings is 2. The molecule has 8 heteroatoms. The maximum Gasteiger partial charge on any atom is 0.253 e. The van der Waals surface area contributed by atoms with Crippen LogP contribution in [-0.2, 0) is 18.3 Å². The third kappa shape index (κ3) is 3.88. The monoisotopic (exact) mass is 461 g/mol.